The van der Waals surface area contributed by atoms with Gasteiger partial charge in [-0.2, -0.15) is 0 Å². The zero-order valence-corrected chi connectivity index (χ0v) is 31.9. The third-order valence-electron chi connectivity index (χ3n) is 10.2. The molecule has 6 heteroatoms. The fraction of sp³-hybridized carbons (Fsp3) is 0.415. The van der Waals surface area contributed by atoms with Crippen LogP contribution in [0.15, 0.2) is 60.5 Å². The topological polar surface area (TPSA) is 59.4 Å². The van der Waals surface area contributed by atoms with Crippen molar-refractivity contribution in [2.75, 3.05) is 0 Å². The number of fused-ring (bicyclic) bond motifs is 2. The van der Waals surface area contributed by atoms with Crippen molar-refractivity contribution in [2.45, 2.75) is 101 Å². The van der Waals surface area contributed by atoms with Crippen molar-refractivity contribution < 1.29 is 39.1 Å². The van der Waals surface area contributed by atoms with Gasteiger partial charge in [0.15, 0.2) is 17.3 Å². The summed E-state index contributed by atoms with van der Waals surface area (Å²) in [6, 6.07) is 17.2. The Morgan fingerprint density at radius 2 is 1.55 bits per heavy atom. The average molecular weight is 815 g/mol. The second-order valence-corrected chi connectivity index (χ2v) is 13.5. The number of hydrogen-bond donors (Lipinski definition) is 1. The van der Waals surface area contributed by atoms with E-state index >= 15 is 4.39 Å². The normalized spacial score (nSPS) is 12.6. The number of halogens is 1. The molecular formula is C41H49FIrNO3-. The van der Waals surface area contributed by atoms with Gasteiger partial charge in [-0.15, -0.1) is 17.7 Å². The molecule has 0 atom stereocenters. The maximum atomic E-state index is 15.7. The second kappa shape index (κ2) is 15.3. The fourth-order valence-corrected chi connectivity index (χ4v) is 5.79. The van der Waals surface area contributed by atoms with E-state index in [1.165, 1.54) is 11.6 Å². The Bertz CT molecular complexity index is 1770. The van der Waals surface area contributed by atoms with Crippen LogP contribution in [0, 0.1) is 36.6 Å². The summed E-state index contributed by atoms with van der Waals surface area (Å²) in [7, 11) is 0. The van der Waals surface area contributed by atoms with E-state index in [0.29, 0.717) is 22.6 Å². The molecule has 0 fully saturated rings. The number of ether oxygens (including phenoxy) is 1. The standard InChI is InChI=1S/C26H21FNO.C15H28O2.Ir/c1-14(2)17-5-7-18(8-6-17)20-13-19-9-10-28-24-21-12-15(3)11-16(4)25(21)29-26(22(19)24)23(20)27;1-7-14(5,8-2)12(16)11-13(17)15(6,9-3)10-4;/h5-11,13-14H,1-4H3;11,16H,7-10H2,1-6H3;/q-1;;/b;12-11-;. The first-order valence-corrected chi connectivity index (χ1v) is 16.6. The predicted molar refractivity (Wildman–Crippen MR) is 188 cm³/mol. The summed E-state index contributed by atoms with van der Waals surface area (Å²) in [4.78, 5) is 16.7. The van der Waals surface area contributed by atoms with Gasteiger partial charge in [-0.1, -0.05) is 105 Å². The minimum Gasteiger partial charge on any atom is -0.512 e. The van der Waals surface area contributed by atoms with Crippen LogP contribution >= 0.6 is 0 Å². The molecule has 1 aliphatic rings. The molecule has 2 heterocycles. The SMILES string of the molecule is CCC(C)(CC)C(=O)/C=C(\O)C(C)(CC)CC.Cc1[c-]c2c(c(C)c1)Oc1c(F)c(-c3ccc(C(C)C)cc3)cc3ccnc-2c13.[Ir]. The molecule has 3 aromatic carbocycles. The van der Waals surface area contributed by atoms with Crippen LogP contribution < -0.4 is 4.74 Å². The van der Waals surface area contributed by atoms with Gasteiger partial charge >= 0.3 is 0 Å². The third-order valence-corrected chi connectivity index (χ3v) is 10.2. The smallest absolute Gasteiger partial charge is 0.172 e. The van der Waals surface area contributed by atoms with E-state index in [4.69, 9.17) is 4.74 Å². The molecule has 0 unspecified atom stereocenters. The molecule has 0 aliphatic carbocycles. The number of pyridine rings is 1. The number of carbonyl (C=O) groups excluding carboxylic acids is 1. The Hall–Kier alpha value is -3.34. The Morgan fingerprint density at radius 1 is 0.957 bits per heavy atom. The number of benzene rings is 3. The van der Waals surface area contributed by atoms with Gasteiger partial charge < -0.3 is 14.8 Å². The molecule has 0 spiro atoms. The summed E-state index contributed by atoms with van der Waals surface area (Å²) in [6.07, 6.45) is 6.52. The van der Waals surface area contributed by atoms with Crippen LogP contribution in [-0.2, 0) is 24.9 Å². The van der Waals surface area contributed by atoms with Gasteiger partial charge in [-0.3, -0.25) is 4.79 Å². The number of aliphatic hydroxyl groups is 1. The molecule has 0 bridgehead atoms. The number of hydrogen-bond acceptors (Lipinski definition) is 4. The summed E-state index contributed by atoms with van der Waals surface area (Å²) in [5, 5.41) is 11.8. The quantitative estimate of drug-likeness (QED) is 0.0915. The molecule has 0 amide bonds. The zero-order chi connectivity index (χ0) is 34.0. The molecule has 0 saturated carbocycles. The second-order valence-electron chi connectivity index (χ2n) is 13.5. The number of rotatable bonds is 9. The molecule has 4 aromatic rings. The largest absolute Gasteiger partial charge is 0.512 e. The van der Waals surface area contributed by atoms with E-state index in [2.05, 4.69) is 37.0 Å². The first-order valence-electron chi connectivity index (χ1n) is 16.6. The predicted octanol–water partition coefficient (Wildman–Crippen LogP) is 12.0. The van der Waals surface area contributed by atoms with E-state index < -0.39 is 0 Å². The van der Waals surface area contributed by atoms with Crippen molar-refractivity contribution in [1.82, 2.24) is 4.98 Å². The van der Waals surface area contributed by atoms with Gasteiger partial charge in [0.05, 0.1) is 0 Å². The molecule has 253 valence electrons. The number of allylic oxidation sites excluding steroid dienone is 2. The summed E-state index contributed by atoms with van der Waals surface area (Å²) < 4.78 is 21.8. The number of nitrogens with zero attached hydrogens (tertiary/aromatic N) is 1. The van der Waals surface area contributed by atoms with Crippen LogP contribution in [0.4, 0.5) is 4.39 Å². The molecule has 0 saturated heterocycles. The molecule has 47 heavy (non-hydrogen) atoms. The Balaban J connectivity index is 0.000000290. The summed E-state index contributed by atoms with van der Waals surface area (Å²) in [5.41, 5.74) is 5.49. The summed E-state index contributed by atoms with van der Waals surface area (Å²) in [5.74, 6) is 1.25. The Kier molecular flexibility index (Phi) is 12.4. The molecule has 1 N–H and O–H groups in total. The Labute approximate surface area is 294 Å². The monoisotopic (exact) mass is 815 g/mol. The minimum atomic E-state index is -0.352. The van der Waals surface area contributed by atoms with Crippen molar-refractivity contribution in [1.29, 1.82) is 0 Å². The van der Waals surface area contributed by atoms with Gasteiger partial charge in [0.25, 0.3) is 0 Å². The summed E-state index contributed by atoms with van der Waals surface area (Å²) in [6.45, 7) is 20.3. The van der Waals surface area contributed by atoms with E-state index in [1.54, 1.807) is 6.20 Å². The molecule has 1 aromatic heterocycles. The summed E-state index contributed by atoms with van der Waals surface area (Å²) >= 11 is 0. The van der Waals surface area contributed by atoms with E-state index in [0.717, 1.165) is 59.0 Å². The molecule has 1 aliphatic heterocycles. The van der Waals surface area contributed by atoms with Gasteiger partial charge in [0.2, 0.25) is 0 Å². The number of aromatic nitrogens is 1. The van der Waals surface area contributed by atoms with Gasteiger partial charge in [-0.05, 0) is 60.2 Å². The van der Waals surface area contributed by atoms with E-state index in [1.807, 2.05) is 85.7 Å². The van der Waals surface area contributed by atoms with Crippen molar-refractivity contribution in [3.8, 4) is 33.9 Å². The van der Waals surface area contributed by atoms with Crippen LogP contribution in [0.3, 0.4) is 0 Å². The maximum Gasteiger partial charge on any atom is 0.172 e. The van der Waals surface area contributed by atoms with Crippen molar-refractivity contribution in [3.63, 3.8) is 0 Å². The van der Waals surface area contributed by atoms with Crippen molar-refractivity contribution in [3.05, 3.63) is 89.1 Å². The van der Waals surface area contributed by atoms with Gasteiger partial charge in [-0.25, -0.2) is 4.39 Å². The molecular weight excluding hydrogens is 766 g/mol. The average Bonchev–Trinajstić information content (AvgIpc) is 3.05. The van der Waals surface area contributed by atoms with Crippen LogP contribution in [0.1, 0.15) is 104 Å². The molecule has 4 nitrogen and oxygen atoms in total. The maximum absolute atomic E-state index is 15.7. The van der Waals surface area contributed by atoms with Crippen LogP contribution in [0.5, 0.6) is 11.5 Å². The Morgan fingerprint density at radius 3 is 2.11 bits per heavy atom. The van der Waals surface area contributed by atoms with Gasteiger partial charge in [0.1, 0.15) is 5.76 Å². The van der Waals surface area contributed by atoms with E-state index in [9.17, 15) is 9.90 Å². The molecule has 5 rings (SSSR count). The number of carbonyl (C=O) groups is 1. The minimum absolute atomic E-state index is 0. The van der Waals surface area contributed by atoms with Gasteiger partial charge in [0, 0.05) is 65.6 Å². The number of ketones is 1. The van der Waals surface area contributed by atoms with E-state index in [-0.39, 0.29) is 54.0 Å². The van der Waals surface area contributed by atoms with Crippen molar-refractivity contribution >= 4 is 16.6 Å². The van der Waals surface area contributed by atoms with Crippen molar-refractivity contribution in [2.24, 2.45) is 10.8 Å². The molecule has 1 radical (unpaired) electrons. The van der Waals surface area contributed by atoms with Crippen LogP contribution in [0.25, 0.3) is 33.2 Å². The first-order chi connectivity index (χ1) is 21.7. The third kappa shape index (κ3) is 7.55. The first kappa shape index (κ1) is 38.1. The number of aliphatic hydroxyl groups excluding tert-OH is 1. The number of aryl methyl sites for hydroxylation is 2. The zero-order valence-electron chi connectivity index (χ0n) is 29.5. The van der Waals surface area contributed by atoms with Crippen LogP contribution in [0.2, 0.25) is 0 Å². The van der Waals surface area contributed by atoms with Crippen LogP contribution in [-0.4, -0.2) is 15.9 Å². The fourth-order valence-electron chi connectivity index (χ4n) is 5.79.